The van der Waals surface area contributed by atoms with Crippen LogP contribution in [0.25, 0.3) is 0 Å². The minimum atomic E-state index is -0.397. The van der Waals surface area contributed by atoms with E-state index in [0.29, 0.717) is 30.5 Å². The van der Waals surface area contributed by atoms with Crippen LogP contribution >= 0.6 is 11.8 Å². The lowest BCUT2D eigenvalue weighted by molar-refractivity contribution is -0.387. The largest absolute Gasteiger partial charge is 0.395 e. The van der Waals surface area contributed by atoms with Gasteiger partial charge in [0.15, 0.2) is 5.03 Å². The van der Waals surface area contributed by atoms with Crippen LogP contribution in [0, 0.1) is 17.0 Å². The van der Waals surface area contributed by atoms with Crippen molar-refractivity contribution in [2.24, 2.45) is 0 Å². The Hall–Kier alpha value is -2.23. The van der Waals surface area contributed by atoms with Gasteiger partial charge >= 0.3 is 5.69 Å². The van der Waals surface area contributed by atoms with Crippen LogP contribution in [0.4, 0.5) is 11.5 Å². The molecule has 138 valence electrons. The number of benzene rings is 1. The lowest BCUT2D eigenvalue weighted by Crippen LogP contribution is -2.47. The Morgan fingerprint density at radius 2 is 1.88 bits per heavy atom. The Kier molecular flexibility index (Phi) is 6.02. The van der Waals surface area contributed by atoms with E-state index < -0.39 is 4.92 Å². The van der Waals surface area contributed by atoms with Crippen molar-refractivity contribution in [2.75, 3.05) is 44.2 Å². The second-order valence-electron chi connectivity index (χ2n) is 6.08. The van der Waals surface area contributed by atoms with Crippen molar-refractivity contribution in [3.8, 4) is 0 Å². The Morgan fingerprint density at radius 3 is 2.50 bits per heavy atom. The molecule has 0 saturated carbocycles. The lowest BCUT2D eigenvalue weighted by atomic mass is 10.2. The fourth-order valence-corrected chi connectivity index (χ4v) is 3.72. The van der Waals surface area contributed by atoms with Gasteiger partial charge < -0.3 is 10.0 Å². The lowest BCUT2D eigenvalue weighted by Gasteiger charge is -2.34. The minimum Gasteiger partial charge on any atom is -0.395 e. The highest BCUT2D eigenvalue weighted by molar-refractivity contribution is 7.99. The summed E-state index contributed by atoms with van der Waals surface area (Å²) in [6.45, 7) is 5.47. The summed E-state index contributed by atoms with van der Waals surface area (Å²) in [5, 5.41) is 21.1. The van der Waals surface area contributed by atoms with E-state index in [1.165, 1.54) is 18.1 Å². The maximum atomic E-state index is 11.7. The summed E-state index contributed by atoms with van der Waals surface area (Å²) in [7, 11) is 0. The topological polar surface area (TPSA) is 95.6 Å². The molecule has 1 aliphatic heterocycles. The Morgan fingerprint density at radius 1 is 1.19 bits per heavy atom. The molecular weight excluding hydrogens is 354 g/mol. The van der Waals surface area contributed by atoms with Gasteiger partial charge in [-0.25, -0.2) is 9.97 Å². The molecule has 9 heteroatoms. The monoisotopic (exact) mass is 375 g/mol. The second-order valence-corrected chi connectivity index (χ2v) is 7.14. The average molecular weight is 375 g/mol. The second kappa shape index (κ2) is 8.43. The quantitative estimate of drug-likeness (QED) is 0.465. The molecular formula is C17H21N5O3S. The fourth-order valence-electron chi connectivity index (χ4n) is 2.86. The van der Waals surface area contributed by atoms with E-state index in [1.807, 2.05) is 36.1 Å². The molecule has 0 aliphatic carbocycles. The standard InChI is InChI=1S/C17H21N5O3S/c1-13-2-4-14(5-3-13)26-17-15(22(24)25)16(18-12-19-17)21-8-6-20(7-9-21)10-11-23/h2-5,12,23H,6-11H2,1H3. The zero-order valence-electron chi connectivity index (χ0n) is 14.5. The number of nitro groups is 1. The number of piperazine rings is 1. The predicted molar refractivity (Wildman–Crippen MR) is 99.7 cm³/mol. The van der Waals surface area contributed by atoms with Crippen molar-refractivity contribution in [3.05, 3.63) is 46.3 Å². The molecule has 1 aliphatic rings. The maximum Gasteiger partial charge on any atom is 0.343 e. The molecule has 1 fully saturated rings. The summed E-state index contributed by atoms with van der Waals surface area (Å²) >= 11 is 1.28. The molecule has 8 nitrogen and oxygen atoms in total. The fraction of sp³-hybridized carbons (Fsp3) is 0.412. The van der Waals surface area contributed by atoms with E-state index in [9.17, 15) is 10.1 Å². The third-order valence-corrected chi connectivity index (χ3v) is 5.28. The Bertz CT molecular complexity index is 763. The van der Waals surface area contributed by atoms with E-state index in [0.717, 1.165) is 23.5 Å². The molecule has 0 spiro atoms. The van der Waals surface area contributed by atoms with Crippen LogP contribution in [-0.2, 0) is 0 Å². The molecule has 1 saturated heterocycles. The summed E-state index contributed by atoms with van der Waals surface area (Å²) in [5.41, 5.74) is 1.08. The number of aromatic nitrogens is 2. The number of hydrogen-bond donors (Lipinski definition) is 1. The van der Waals surface area contributed by atoms with Crippen molar-refractivity contribution >= 4 is 23.3 Å². The normalized spacial score (nSPS) is 15.2. The van der Waals surface area contributed by atoms with E-state index >= 15 is 0 Å². The molecule has 0 unspecified atom stereocenters. The summed E-state index contributed by atoms with van der Waals surface area (Å²) < 4.78 is 0. The highest BCUT2D eigenvalue weighted by Crippen LogP contribution is 2.38. The third kappa shape index (κ3) is 4.29. The van der Waals surface area contributed by atoms with Crippen LogP contribution in [0.15, 0.2) is 40.5 Å². The van der Waals surface area contributed by atoms with Crippen LogP contribution in [0.2, 0.25) is 0 Å². The van der Waals surface area contributed by atoms with Crippen molar-refractivity contribution in [2.45, 2.75) is 16.8 Å². The van der Waals surface area contributed by atoms with E-state index in [1.54, 1.807) is 0 Å². The Balaban J connectivity index is 1.85. The summed E-state index contributed by atoms with van der Waals surface area (Å²) in [6, 6.07) is 7.80. The summed E-state index contributed by atoms with van der Waals surface area (Å²) in [6.07, 6.45) is 1.39. The molecule has 26 heavy (non-hydrogen) atoms. The van der Waals surface area contributed by atoms with Gasteiger partial charge in [0.1, 0.15) is 6.33 Å². The summed E-state index contributed by atoms with van der Waals surface area (Å²) in [4.78, 5) is 24.7. The number of rotatable bonds is 6. The van der Waals surface area contributed by atoms with Crippen molar-refractivity contribution in [1.29, 1.82) is 0 Å². The molecule has 0 bridgehead atoms. The number of nitrogens with zero attached hydrogens (tertiary/aromatic N) is 5. The molecule has 1 aromatic carbocycles. The SMILES string of the molecule is Cc1ccc(Sc2ncnc(N3CCN(CCO)CC3)c2[N+](=O)[O-])cc1. The number of aryl methyl sites for hydroxylation is 1. The van der Waals surface area contributed by atoms with Crippen LogP contribution < -0.4 is 4.90 Å². The van der Waals surface area contributed by atoms with Gasteiger partial charge in [0.05, 0.1) is 11.5 Å². The average Bonchev–Trinajstić information content (AvgIpc) is 2.64. The Labute approximate surface area is 156 Å². The number of aliphatic hydroxyl groups is 1. The van der Waals surface area contributed by atoms with Crippen LogP contribution in [0.1, 0.15) is 5.56 Å². The van der Waals surface area contributed by atoms with E-state index in [-0.39, 0.29) is 12.3 Å². The van der Waals surface area contributed by atoms with Gasteiger partial charge in [-0.15, -0.1) is 0 Å². The first kappa shape index (κ1) is 18.6. The third-order valence-electron chi connectivity index (χ3n) is 4.28. The molecule has 0 atom stereocenters. The first-order valence-electron chi connectivity index (χ1n) is 8.40. The van der Waals surface area contributed by atoms with Gasteiger partial charge in [-0.05, 0) is 19.1 Å². The highest BCUT2D eigenvalue weighted by atomic mass is 32.2. The number of hydrogen-bond acceptors (Lipinski definition) is 8. The smallest absolute Gasteiger partial charge is 0.343 e. The van der Waals surface area contributed by atoms with Crippen LogP contribution in [-0.4, -0.2) is 64.2 Å². The highest BCUT2D eigenvalue weighted by Gasteiger charge is 2.29. The zero-order valence-corrected chi connectivity index (χ0v) is 15.4. The van der Waals surface area contributed by atoms with Gasteiger partial charge in [0.25, 0.3) is 0 Å². The molecule has 2 aromatic rings. The number of β-amino-alcohol motifs (C(OH)–C–C–N with tert-alkyl or cyclic N) is 1. The van der Waals surface area contributed by atoms with Crippen LogP contribution in [0.5, 0.6) is 0 Å². The first-order chi connectivity index (χ1) is 12.6. The van der Waals surface area contributed by atoms with Gasteiger partial charge in [0, 0.05) is 37.6 Å². The number of aliphatic hydroxyl groups excluding tert-OH is 1. The van der Waals surface area contributed by atoms with Gasteiger partial charge in [-0.3, -0.25) is 15.0 Å². The number of anilines is 1. The molecule has 0 radical (unpaired) electrons. The van der Waals surface area contributed by atoms with E-state index in [2.05, 4.69) is 14.9 Å². The van der Waals surface area contributed by atoms with Crippen molar-refractivity contribution in [1.82, 2.24) is 14.9 Å². The van der Waals surface area contributed by atoms with Gasteiger partial charge in [0.2, 0.25) is 5.82 Å². The maximum absolute atomic E-state index is 11.7. The zero-order chi connectivity index (χ0) is 18.5. The van der Waals surface area contributed by atoms with Crippen molar-refractivity contribution in [3.63, 3.8) is 0 Å². The van der Waals surface area contributed by atoms with Gasteiger partial charge in [-0.2, -0.15) is 0 Å². The predicted octanol–water partition coefficient (Wildman–Crippen LogP) is 1.96. The first-order valence-corrected chi connectivity index (χ1v) is 9.22. The molecule has 2 heterocycles. The molecule has 1 aromatic heterocycles. The molecule has 1 N–H and O–H groups in total. The minimum absolute atomic E-state index is 0.0475. The molecule has 3 rings (SSSR count). The molecule has 0 amide bonds. The van der Waals surface area contributed by atoms with Gasteiger partial charge in [-0.1, -0.05) is 29.5 Å². The van der Waals surface area contributed by atoms with Crippen LogP contribution in [0.3, 0.4) is 0 Å². The van der Waals surface area contributed by atoms with Crippen molar-refractivity contribution < 1.29 is 10.0 Å². The van der Waals surface area contributed by atoms with E-state index in [4.69, 9.17) is 5.11 Å². The summed E-state index contributed by atoms with van der Waals surface area (Å²) in [5.74, 6) is 0.364.